The molecule has 0 amide bonds. The molecule has 2 N–H and O–H groups in total. The van der Waals surface area contributed by atoms with Crippen LogP contribution in [0.15, 0.2) is 168 Å². The molecule has 0 saturated heterocycles. The van der Waals surface area contributed by atoms with Crippen LogP contribution in [0.1, 0.15) is 11.4 Å². The van der Waals surface area contributed by atoms with Crippen LogP contribution < -0.4 is 16.3 Å². The maximum absolute atomic E-state index is 10.7. The zero-order valence-corrected chi connectivity index (χ0v) is 24.7. The predicted molar refractivity (Wildman–Crippen MR) is 182 cm³/mol. The highest BCUT2D eigenvalue weighted by molar-refractivity contribution is 7.72. The zero-order valence-electron chi connectivity index (χ0n) is 23.8. The molecule has 0 fully saturated rings. The Bertz CT molecular complexity index is 1860. The van der Waals surface area contributed by atoms with Crippen molar-refractivity contribution in [3.05, 3.63) is 175 Å². The second-order valence-corrected chi connectivity index (χ2v) is 11.7. The first-order valence-corrected chi connectivity index (χ1v) is 15.5. The van der Waals surface area contributed by atoms with E-state index in [0.29, 0.717) is 17.1 Å². The topological polar surface area (TPSA) is 88.0 Å². The Morgan fingerprint density at radius 1 is 0.591 bits per heavy atom. The van der Waals surface area contributed by atoms with E-state index in [-0.39, 0.29) is 17.1 Å². The van der Waals surface area contributed by atoms with Gasteiger partial charge in [-0.1, -0.05) is 152 Å². The standard InChI is InChI=1S/C38H28N5P/c39-27-33(36(40)38-41-34(28-16-6-1-7-17-28)26-35(42-38)29-18-8-2-9-19-29)37(30-20-10-3-11-21-30)43-44(31-22-12-4-13-23-31)32-24-14-5-15-25-32/h1-26H,40H2/b36-33-,43-37-. The number of nitriles is 1. The van der Waals surface area contributed by atoms with Gasteiger partial charge >= 0.3 is 0 Å². The Labute approximate surface area is 258 Å². The number of hydrogen-bond acceptors (Lipinski definition) is 5. The van der Waals surface area contributed by atoms with Crippen molar-refractivity contribution in [2.45, 2.75) is 0 Å². The van der Waals surface area contributed by atoms with E-state index in [1.165, 1.54) is 0 Å². The first-order valence-electron chi connectivity index (χ1n) is 14.2. The molecule has 6 rings (SSSR count). The average Bonchev–Trinajstić information content (AvgIpc) is 3.11. The molecule has 0 aliphatic rings. The average molecular weight is 586 g/mol. The number of allylic oxidation sites excluding steroid dienone is 1. The van der Waals surface area contributed by atoms with Crippen molar-refractivity contribution in [2.75, 3.05) is 0 Å². The second kappa shape index (κ2) is 13.5. The van der Waals surface area contributed by atoms with Crippen LogP contribution in [0.4, 0.5) is 0 Å². The summed E-state index contributed by atoms with van der Waals surface area (Å²) in [5.74, 6) is 0.272. The van der Waals surface area contributed by atoms with E-state index in [0.717, 1.165) is 27.3 Å². The molecule has 6 aromatic rings. The number of rotatable bonds is 8. The minimum Gasteiger partial charge on any atom is -0.395 e. The third-order valence-electron chi connectivity index (χ3n) is 6.97. The van der Waals surface area contributed by atoms with Gasteiger partial charge in [0.05, 0.1) is 30.9 Å². The van der Waals surface area contributed by atoms with Gasteiger partial charge in [-0.05, 0) is 6.07 Å². The van der Waals surface area contributed by atoms with Gasteiger partial charge in [-0.2, -0.15) is 5.26 Å². The third kappa shape index (κ3) is 6.37. The van der Waals surface area contributed by atoms with Crippen molar-refractivity contribution < 1.29 is 0 Å². The molecule has 5 nitrogen and oxygen atoms in total. The van der Waals surface area contributed by atoms with E-state index in [9.17, 15) is 5.26 Å². The van der Waals surface area contributed by atoms with E-state index in [1.807, 2.05) is 133 Å². The summed E-state index contributed by atoms with van der Waals surface area (Å²) in [6, 6.07) is 54.1. The summed E-state index contributed by atoms with van der Waals surface area (Å²) in [6.45, 7) is 0. The monoisotopic (exact) mass is 585 g/mol. The summed E-state index contributed by atoms with van der Waals surface area (Å²) < 4.78 is 5.33. The SMILES string of the molecule is N#CC(/C(=N\P(c1ccccc1)c1ccccc1)c1ccccc1)=C(/N)c1nc(-c2ccccc2)cc(-c2ccccc2)n1. The van der Waals surface area contributed by atoms with Crippen molar-refractivity contribution in [3.63, 3.8) is 0 Å². The third-order valence-corrected chi connectivity index (χ3v) is 8.95. The fourth-order valence-electron chi connectivity index (χ4n) is 4.78. The fourth-order valence-corrected chi connectivity index (χ4v) is 6.64. The lowest BCUT2D eigenvalue weighted by Crippen LogP contribution is -2.16. The molecule has 1 heterocycles. The summed E-state index contributed by atoms with van der Waals surface area (Å²) in [7, 11) is -1.22. The van der Waals surface area contributed by atoms with Crippen LogP contribution in [-0.2, 0) is 0 Å². The molecule has 0 saturated carbocycles. The molecule has 5 aromatic carbocycles. The molecule has 44 heavy (non-hydrogen) atoms. The molecule has 1 aromatic heterocycles. The first-order chi connectivity index (χ1) is 21.7. The number of aromatic nitrogens is 2. The van der Waals surface area contributed by atoms with Crippen LogP contribution in [0.2, 0.25) is 0 Å². The van der Waals surface area contributed by atoms with E-state index in [1.54, 1.807) is 0 Å². The summed E-state index contributed by atoms with van der Waals surface area (Å²) in [5.41, 5.74) is 11.8. The molecule has 0 aliphatic carbocycles. The Morgan fingerprint density at radius 2 is 1.00 bits per heavy atom. The van der Waals surface area contributed by atoms with Gasteiger partial charge in [0.2, 0.25) is 0 Å². The molecule has 0 radical (unpaired) electrons. The normalized spacial score (nSPS) is 12.0. The van der Waals surface area contributed by atoms with Crippen molar-refractivity contribution in [1.82, 2.24) is 9.97 Å². The van der Waals surface area contributed by atoms with Crippen LogP contribution in [0.25, 0.3) is 28.2 Å². The van der Waals surface area contributed by atoms with E-state index in [2.05, 4.69) is 30.3 Å². The van der Waals surface area contributed by atoms with Crippen LogP contribution in [0.5, 0.6) is 0 Å². The highest BCUT2D eigenvalue weighted by atomic mass is 31.1. The number of hydrogen-bond donors (Lipinski definition) is 1. The quantitative estimate of drug-likeness (QED) is 0.114. The van der Waals surface area contributed by atoms with Gasteiger partial charge in [0.15, 0.2) is 5.82 Å². The Balaban J connectivity index is 1.59. The van der Waals surface area contributed by atoms with Crippen molar-refractivity contribution in [2.24, 2.45) is 10.5 Å². The number of nitrogens with two attached hydrogens (primary N) is 1. The van der Waals surface area contributed by atoms with Gasteiger partial charge in [0, 0.05) is 27.3 Å². The Hall–Kier alpha value is -5.69. The Morgan fingerprint density at radius 3 is 1.43 bits per heavy atom. The van der Waals surface area contributed by atoms with Crippen LogP contribution in [-0.4, -0.2) is 15.7 Å². The van der Waals surface area contributed by atoms with Gasteiger partial charge < -0.3 is 5.73 Å². The molecule has 0 spiro atoms. The van der Waals surface area contributed by atoms with E-state index in [4.69, 9.17) is 20.5 Å². The summed E-state index contributed by atoms with van der Waals surface area (Å²) >= 11 is 0. The van der Waals surface area contributed by atoms with Gasteiger partial charge in [0.25, 0.3) is 0 Å². The molecule has 0 atom stereocenters. The molecule has 0 bridgehead atoms. The van der Waals surface area contributed by atoms with E-state index < -0.39 is 8.07 Å². The molecular formula is C38H28N5P. The summed E-state index contributed by atoms with van der Waals surface area (Å²) in [5, 5.41) is 12.8. The van der Waals surface area contributed by atoms with Gasteiger partial charge in [-0.15, -0.1) is 0 Å². The van der Waals surface area contributed by atoms with Gasteiger partial charge in [-0.25, -0.2) is 14.7 Å². The molecule has 0 aliphatic heterocycles. The molecule has 6 heteroatoms. The number of benzene rings is 5. The predicted octanol–water partition coefficient (Wildman–Crippen LogP) is 7.54. The highest BCUT2D eigenvalue weighted by Crippen LogP contribution is 2.37. The largest absolute Gasteiger partial charge is 0.395 e. The van der Waals surface area contributed by atoms with Crippen LogP contribution in [0, 0.1) is 11.3 Å². The second-order valence-electron chi connectivity index (χ2n) is 9.89. The van der Waals surface area contributed by atoms with Gasteiger partial charge in [0.1, 0.15) is 11.6 Å². The lowest BCUT2D eigenvalue weighted by molar-refractivity contribution is 1.11. The minimum atomic E-state index is -1.22. The lowest BCUT2D eigenvalue weighted by Gasteiger charge is -2.17. The fraction of sp³-hybridized carbons (Fsp3) is 0. The van der Waals surface area contributed by atoms with Crippen molar-refractivity contribution in [1.29, 1.82) is 5.26 Å². The maximum atomic E-state index is 10.7. The summed E-state index contributed by atoms with van der Waals surface area (Å²) in [4.78, 5) is 9.75. The van der Waals surface area contributed by atoms with Gasteiger partial charge in [-0.3, -0.25) is 0 Å². The Kier molecular flexibility index (Phi) is 8.74. The van der Waals surface area contributed by atoms with E-state index >= 15 is 0 Å². The minimum absolute atomic E-state index is 0.168. The lowest BCUT2D eigenvalue weighted by atomic mass is 10.0. The van der Waals surface area contributed by atoms with Crippen LogP contribution >= 0.6 is 8.07 Å². The molecular weight excluding hydrogens is 557 g/mol. The molecule has 210 valence electrons. The van der Waals surface area contributed by atoms with Crippen LogP contribution in [0.3, 0.4) is 0 Å². The highest BCUT2D eigenvalue weighted by Gasteiger charge is 2.22. The van der Waals surface area contributed by atoms with Crippen molar-refractivity contribution in [3.8, 4) is 28.6 Å². The molecule has 0 unspecified atom stereocenters. The first kappa shape index (κ1) is 28.4. The smallest absolute Gasteiger partial charge is 0.178 e. The maximum Gasteiger partial charge on any atom is 0.178 e. The number of nitrogens with zero attached hydrogens (tertiary/aromatic N) is 4. The zero-order chi connectivity index (χ0) is 30.1. The van der Waals surface area contributed by atoms with Crippen molar-refractivity contribution >= 4 is 30.1 Å². The summed E-state index contributed by atoms with van der Waals surface area (Å²) in [6.07, 6.45) is 0.